The van der Waals surface area contributed by atoms with Gasteiger partial charge in [-0.15, -0.1) is 0 Å². The lowest BCUT2D eigenvalue weighted by atomic mass is 10.0. The summed E-state index contributed by atoms with van der Waals surface area (Å²) in [5, 5.41) is 96.6. The number of carboxylic acids is 2. The highest BCUT2D eigenvalue weighted by Gasteiger charge is 2.44. The van der Waals surface area contributed by atoms with Crippen LogP contribution in [-0.2, 0) is 112 Å². The van der Waals surface area contributed by atoms with Gasteiger partial charge in [-0.3, -0.25) is 91.5 Å². The second-order valence-corrected chi connectivity index (χ2v) is 36.3. The Bertz CT molecular complexity index is 5010. The topological polar surface area (TPSA) is 813 Å². The number of H-pyrrole nitrogens is 1. The van der Waals surface area contributed by atoms with Crippen LogP contribution in [0.2, 0.25) is 0 Å². The number of hydrogen-bond acceptors (Lipinski definition) is 29. The number of amides is 16. The van der Waals surface area contributed by atoms with Crippen LogP contribution in [0.4, 0.5) is 0 Å². The number of carbonyl (C=O) groups is 18. The third kappa shape index (κ3) is 39.5. The van der Waals surface area contributed by atoms with Crippen molar-refractivity contribution >= 4 is 144 Å². The molecule has 1 aromatic heterocycles. The van der Waals surface area contributed by atoms with Gasteiger partial charge in [-0.2, -0.15) is 25.3 Å². The monoisotopic (exact) mass is 2050 g/mol. The normalized spacial score (nSPS) is 16.4. The fraction of sp³-hybridized carbons (Fsp3) is 0.554. The summed E-state index contributed by atoms with van der Waals surface area (Å²) in [4.78, 5) is 271. The Kier molecular flexibility index (Phi) is 50.5. The van der Waals surface area contributed by atoms with Gasteiger partial charge in [-0.25, -0.2) is 9.78 Å². The van der Waals surface area contributed by atoms with E-state index in [1.54, 1.807) is 88.4 Å². The maximum atomic E-state index is 15.0. The van der Waals surface area contributed by atoms with Gasteiger partial charge in [0.25, 0.3) is 0 Å². The first-order valence-corrected chi connectivity index (χ1v) is 48.6. The van der Waals surface area contributed by atoms with Crippen molar-refractivity contribution in [2.75, 3.05) is 64.1 Å². The first-order chi connectivity index (χ1) is 68.5. The van der Waals surface area contributed by atoms with E-state index in [9.17, 15) is 112 Å². The first kappa shape index (κ1) is 119. The zero-order valence-electron chi connectivity index (χ0n) is 80.6. The standard InChI is InChI=1S/C92H138N26O24S2/c1-49(2)37-60(106-82(133)67(45-121)113-87(138)73(50(3)4)116-86(137)71-25-15-35-117(71)88(139)56(94)21-11-12-32-93)77(128)112-65(43-119)81(132)109-63(40-53-26-28-55(122)29-27-53)78(129)103-58(23-14-34-101-92(97)98)75(126)115-69(47-144)89(140)118-36-16-24-70(118)85(136)114-68(46-143)84(135)104-57(22-13-33-100-91(95)96)74(125)107-62(39-52-19-9-6-10-20-52)80(131)108-61(38-51-17-7-5-8-18-51)79(130)105-59(30-31-72(123)124)76(127)111-66(44-120)83(134)110-64(90(141)142)41-54-42-99-48-102-54/h5-10,17-20,26-29,42,48-50,56-71,73,119-122,143-144H,11-16,21-25,30-41,43-47,93-94H2,1-4H3,(H,99,102)(H,103,129)(H,104,135)(H,105,130)(H,106,133)(H,107,125)(H,108,131)(H,109,132)(H,110,134)(H,111,127)(H,112,128)(H,113,138)(H,114,136)(H,115,126)(H,116,137)(H,123,124)(H,141,142)(H4,95,96,100)(H4,97,98,101)/t56-,57-,58-,59-,60-,61-,62-,63-,64-,65-,66-,67-,68-,69-,70-,71-,73-/m0/s1. The molecule has 6 rings (SSSR count). The quantitative estimate of drug-likeness (QED) is 0.00845. The molecule has 144 heavy (non-hydrogen) atoms. The molecule has 17 atom stereocenters. The number of aliphatic imine (C=N–C) groups is 2. The lowest BCUT2D eigenvalue weighted by molar-refractivity contribution is -0.142. The second-order valence-electron chi connectivity index (χ2n) is 35.5. The fourth-order valence-electron chi connectivity index (χ4n) is 15.7. The number of aliphatic hydroxyl groups is 3. The Labute approximate surface area is 842 Å². The van der Waals surface area contributed by atoms with Gasteiger partial charge < -0.3 is 154 Å². The van der Waals surface area contributed by atoms with Crippen LogP contribution < -0.4 is 109 Å². The molecule has 0 radical (unpaired) electrons. The molecule has 2 aliphatic heterocycles. The molecular weight excluding hydrogens is 1920 g/mol. The molecular formula is C92H138N26O24S2. The number of carbonyl (C=O) groups excluding carboxylic acids is 16. The van der Waals surface area contributed by atoms with E-state index in [1.165, 1.54) is 41.7 Å². The summed E-state index contributed by atoms with van der Waals surface area (Å²) in [6.07, 6.45) is 1.76. The van der Waals surface area contributed by atoms with Crippen LogP contribution in [0.1, 0.15) is 140 Å². The van der Waals surface area contributed by atoms with Crippen LogP contribution >= 0.6 is 25.3 Å². The molecule has 33 N–H and O–H groups in total. The number of nitrogens with zero attached hydrogens (tertiary/aromatic N) is 5. The van der Waals surface area contributed by atoms with Gasteiger partial charge in [0.05, 0.1) is 37.9 Å². The van der Waals surface area contributed by atoms with Crippen molar-refractivity contribution < 1.29 is 117 Å². The molecule has 3 heterocycles. The summed E-state index contributed by atoms with van der Waals surface area (Å²) < 4.78 is 0. The number of thiol groups is 2. The third-order valence-corrected chi connectivity index (χ3v) is 24.2. The number of aliphatic hydroxyl groups excluding tert-OH is 3. The number of aromatic amines is 1. The van der Waals surface area contributed by atoms with E-state index in [4.69, 9.17) is 34.4 Å². The highest BCUT2D eigenvalue weighted by atomic mass is 32.1. The average molecular weight is 2060 g/mol. The van der Waals surface area contributed by atoms with Crippen LogP contribution in [-0.4, -0.2) is 336 Å². The summed E-state index contributed by atoms with van der Waals surface area (Å²) in [5.41, 5.74) is 35.8. The van der Waals surface area contributed by atoms with Crippen molar-refractivity contribution in [2.45, 2.75) is 246 Å². The highest BCUT2D eigenvalue weighted by molar-refractivity contribution is 7.80. The zero-order chi connectivity index (χ0) is 106. The summed E-state index contributed by atoms with van der Waals surface area (Å²) in [6, 6.07) is -4.68. The average Bonchev–Trinajstić information content (AvgIpc) is 1.61. The largest absolute Gasteiger partial charge is 0.508 e. The van der Waals surface area contributed by atoms with Gasteiger partial charge in [0.15, 0.2) is 11.9 Å². The molecule has 50 nitrogen and oxygen atoms in total. The van der Waals surface area contributed by atoms with E-state index in [-0.39, 0.29) is 126 Å². The number of aromatic nitrogens is 2. The zero-order valence-corrected chi connectivity index (χ0v) is 82.4. The molecule has 2 aliphatic rings. The molecule has 0 aliphatic carbocycles. The summed E-state index contributed by atoms with van der Waals surface area (Å²) in [6.45, 7) is 3.68. The number of aromatic hydroxyl groups is 1. The molecule has 2 fully saturated rings. The van der Waals surface area contributed by atoms with Gasteiger partial charge in [-0.1, -0.05) is 107 Å². The van der Waals surface area contributed by atoms with Gasteiger partial charge in [0.2, 0.25) is 94.5 Å². The molecule has 0 unspecified atom stereocenters. The minimum Gasteiger partial charge on any atom is -0.508 e. The van der Waals surface area contributed by atoms with Crippen LogP contribution in [0, 0.1) is 11.8 Å². The van der Waals surface area contributed by atoms with E-state index >= 15 is 4.79 Å². The van der Waals surface area contributed by atoms with Crippen molar-refractivity contribution in [3.8, 4) is 5.75 Å². The highest BCUT2D eigenvalue weighted by Crippen LogP contribution is 2.24. The van der Waals surface area contributed by atoms with Crippen LogP contribution in [0.5, 0.6) is 5.75 Å². The predicted molar refractivity (Wildman–Crippen MR) is 529 cm³/mol. The lowest BCUT2D eigenvalue weighted by Crippen LogP contribution is -2.62. The summed E-state index contributed by atoms with van der Waals surface area (Å²) in [5.74, 6) is -21.4. The van der Waals surface area contributed by atoms with Crippen LogP contribution in [0.3, 0.4) is 0 Å². The molecule has 0 bridgehead atoms. The lowest BCUT2D eigenvalue weighted by Gasteiger charge is -2.30. The number of benzene rings is 3. The predicted octanol–water partition coefficient (Wildman–Crippen LogP) is -7.79. The Hall–Kier alpha value is -13.8. The molecule has 52 heteroatoms. The Morgan fingerprint density at radius 3 is 1.21 bits per heavy atom. The van der Waals surface area contributed by atoms with Crippen molar-refractivity contribution in [3.05, 3.63) is 120 Å². The number of likely N-dealkylation sites (tertiary alicyclic amines) is 2. The Morgan fingerprint density at radius 1 is 0.431 bits per heavy atom. The molecule has 16 amide bonds. The van der Waals surface area contributed by atoms with E-state index in [1.807, 2.05) is 0 Å². The van der Waals surface area contributed by atoms with Gasteiger partial charge >= 0.3 is 11.9 Å². The van der Waals surface area contributed by atoms with E-state index < -0.39 is 266 Å². The number of unbranched alkanes of at least 4 members (excludes halogenated alkanes) is 1. The van der Waals surface area contributed by atoms with E-state index in [2.05, 4.69) is 120 Å². The van der Waals surface area contributed by atoms with E-state index in [0.29, 0.717) is 48.9 Å². The molecule has 0 spiro atoms. The van der Waals surface area contributed by atoms with Crippen molar-refractivity contribution in [1.29, 1.82) is 0 Å². The minimum atomic E-state index is -1.89. The number of carboxylic acid groups (broad SMARTS) is 2. The number of rotatable bonds is 62. The SMILES string of the molecule is CC(C)C[C@H](NC(=O)[C@H](CO)NC(=O)[C@@H](NC(=O)[C@@H]1CCCN1C(=O)[C@@H](N)CCCCN)C(C)C)C(=O)N[C@@H](CO)C(=O)N[C@@H](Cc1ccc(O)cc1)C(=O)N[C@@H](CCCN=C(N)N)C(=O)N[C@@H](CS)C(=O)N1CCC[C@H]1C(=O)N[C@@H](CS)C(=O)N[C@@H](CCCN=C(N)N)C(=O)N[C@@H](Cc1ccccc1)C(=O)N[C@@H](Cc1ccccc1)C(=O)N[C@@H](CCC(=O)O)C(=O)N[C@@H](CO)C(=O)N[C@@H](Cc1c[nH]cn1)C(=O)O. The van der Waals surface area contributed by atoms with Crippen LogP contribution in [0.25, 0.3) is 0 Å². The first-order valence-electron chi connectivity index (χ1n) is 47.3. The van der Waals surface area contributed by atoms with E-state index in [0.717, 1.165) is 4.90 Å². The second kappa shape index (κ2) is 61.2. The van der Waals surface area contributed by atoms with Crippen molar-refractivity contribution in [3.63, 3.8) is 0 Å². The third-order valence-electron chi connectivity index (χ3n) is 23.5. The minimum absolute atomic E-state index is 0.0111. The molecule has 792 valence electrons. The molecule has 4 aromatic rings. The smallest absolute Gasteiger partial charge is 0.326 e. The molecule has 0 saturated carbocycles. The van der Waals surface area contributed by atoms with Crippen molar-refractivity contribution in [1.82, 2.24) is 94.2 Å². The maximum absolute atomic E-state index is 15.0. The van der Waals surface area contributed by atoms with Gasteiger partial charge in [0.1, 0.15) is 102 Å². The van der Waals surface area contributed by atoms with Crippen molar-refractivity contribution in [2.24, 2.45) is 56.2 Å². The fourth-order valence-corrected chi connectivity index (χ4v) is 16.2. The van der Waals surface area contributed by atoms with Crippen LogP contribution in [0.15, 0.2) is 107 Å². The molecule has 3 aromatic carbocycles. The number of aliphatic carboxylic acids is 2. The number of imidazole rings is 1. The number of nitrogens with one attached hydrogen (secondary N) is 15. The number of nitrogens with two attached hydrogens (primary N) is 6. The number of guanidine groups is 2. The number of phenolic OH excluding ortho intramolecular Hbond substituents is 1. The summed E-state index contributed by atoms with van der Waals surface area (Å²) >= 11 is 8.79. The van der Waals surface area contributed by atoms with Gasteiger partial charge in [0, 0.05) is 76.0 Å². The Morgan fingerprint density at radius 2 is 0.806 bits per heavy atom. The summed E-state index contributed by atoms with van der Waals surface area (Å²) in [7, 11) is 0. The number of phenols is 1. The van der Waals surface area contributed by atoms with Gasteiger partial charge in [-0.05, 0) is 124 Å². The maximum Gasteiger partial charge on any atom is 0.326 e. The Balaban J connectivity index is 1.18. The molecule has 2 saturated heterocycles. The number of hydrogen-bond donors (Lipinski definition) is 29.